The van der Waals surface area contributed by atoms with Gasteiger partial charge < -0.3 is 15.2 Å². The number of carbonyl (C=O) groups excluding carboxylic acids is 1. The van der Waals surface area contributed by atoms with Crippen LogP contribution < -0.4 is 10.6 Å². The zero-order chi connectivity index (χ0) is 25.1. The summed E-state index contributed by atoms with van der Waals surface area (Å²) >= 11 is 0. The molecular weight excluding hydrogens is 467 g/mol. The fourth-order valence-corrected chi connectivity index (χ4v) is 3.92. The lowest BCUT2D eigenvalue weighted by Crippen LogP contribution is -2.10. The van der Waals surface area contributed by atoms with E-state index in [-0.39, 0.29) is 6.08 Å². The first-order valence-electron chi connectivity index (χ1n) is 11.1. The van der Waals surface area contributed by atoms with Gasteiger partial charge in [-0.2, -0.15) is 13.2 Å². The van der Waals surface area contributed by atoms with Gasteiger partial charge in [-0.3, -0.25) is 4.79 Å². The fourth-order valence-electron chi connectivity index (χ4n) is 3.92. The Kier molecular flexibility index (Phi) is 6.12. The first kappa shape index (κ1) is 23.1. The quantitative estimate of drug-likeness (QED) is 0.271. The summed E-state index contributed by atoms with van der Waals surface area (Å²) in [6.07, 6.45) is -0.754. The van der Waals surface area contributed by atoms with Gasteiger partial charge in [0.25, 0.3) is 0 Å². The number of allylic oxidation sites excluding steroid dienone is 1. The number of rotatable bonds is 6. The van der Waals surface area contributed by atoms with Gasteiger partial charge in [-0.25, -0.2) is 9.97 Å². The van der Waals surface area contributed by atoms with Crippen molar-refractivity contribution in [2.24, 2.45) is 0 Å². The minimum atomic E-state index is -4.56. The maximum Gasteiger partial charge on any atom is 0.409 e. The summed E-state index contributed by atoms with van der Waals surface area (Å²) in [5, 5.41) is 7.38. The highest BCUT2D eigenvalue weighted by molar-refractivity contribution is 6.02. The van der Waals surface area contributed by atoms with Crippen LogP contribution in [0.5, 0.6) is 0 Å². The van der Waals surface area contributed by atoms with Crippen molar-refractivity contribution in [1.82, 2.24) is 14.5 Å². The van der Waals surface area contributed by atoms with E-state index in [1.807, 2.05) is 48.7 Å². The number of alkyl halides is 3. The molecule has 0 radical (unpaired) electrons. The molecule has 0 saturated heterocycles. The zero-order valence-corrected chi connectivity index (χ0v) is 18.8. The van der Waals surface area contributed by atoms with Crippen LogP contribution in [0.15, 0.2) is 97.5 Å². The molecule has 9 heteroatoms. The molecule has 0 spiro atoms. The Labute approximate surface area is 204 Å². The molecular formula is C27H20F3N5O. The highest BCUT2D eigenvalue weighted by Crippen LogP contribution is 2.28. The number of nitrogens with zero attached hydrogens (tertiary/aromatic N) is 3. The van der Waals surface area contributed by atoms with Gasteiger partial charge >= 0.3 is 6.18 Å². The Hall–Kier alpha value is -4.66. The average Bonchev–Trinajstić information content (AvgIpc) is 3.25. The number of carbonyl (C=O) groups is 1. The molecule has 0 aliphatic rings. The summed E-state index contributed by atoms with van der Waals surface area (Å²) in [6.45, 7) is 0.764. The van der Waals surface area contributed by atoms with Crippen LogP contribution in [0.2, 0.25) is 0 Å². The van der Waals surface area contributed by atoms with E-state index in [9.17, 15) is 18.0 Å². The first-order chi connectivity index (χ1) is 17.3. The van der Waals surface area contributed by atoms with Gasteiger partial charge in [-0.1, -0.05) is 30.3 Å². The number of benzene rings is 3. The molecule has 3 aromatic carbocycles. The third-order valence-corrected chi connectivity index (χ3v) is 5.56. The van der Waals surface area contributed by atoms with E-state index in [0.717, 1.165) is 23.1 Å². The number of fused-ring (bicyclic) bond motifs is 2. The summed E-state index contributed by atoms with van der Waals surface area (Å²) in [6, 6.07) is 23.1. The van der Waals surface area contributed by atoms with Crippen molar-refractivity contribution in [2.45, 2.75) is 12.7 Å². The summed E-state index contributed by atoms with van der Waals surface area (Å²) in [4.78, 5) is 20.4. The molecule has 180 valence electrons. The van der Waals surface area contributed by atoms with Crippen molar-refractivity contribution in [1.29, 1.82) is 0 Å². The van der Waals surface area contributed by atoms with Gasteiger partial charge in [0.15, 0.2) is 0 Å². The van der Waals surface area contributed by atoms with E-state index in [4.69, 9.17) is 0 Å². The predicted octanol–water partition coefficient (Wildman–Crippen LogP) is 6.43. The molecule has 0 fully saturated rings. The summed E-state index contributed by atoms with van der Waals surface area (Å²) < 4.78 is 39.2. The van der Waals surface area contributed by atoms with Crippen LogP contribution in [0.25, 0.3) is 21.8 Å². The van der Waals surface area contributed by atoms with E-state index < -0.39 is 12.1 Å². The molecule has 0 bridgehead atoms. The monoisotopic (exact) mass is 487 g/mol. The normalized spacial score (nSPS) is 11.9. The van der Waals surface area contributed by atoms with Crippen molar-refractivity contribution < 1.29 is 18.0 Å². The molecule has 2 heterocycles. The van der Waals surface area contributed by atoms with Gasteiger partial charge in [0.05, 0.1) is 5.52 Å². The van der Waals surface area contributed by atoms with E-state index in [1.54, 1.807) is 18.2 Å². The van der Waals surface area contributed by atoms with Crippen LogP contribution in [0, 0.1) is 0 Å². The smallest absolute Gasteiger partial charge is 0.343 e. The van der Waals surface area contributed by atoms with E-state index in [0.29, 0.717) is 28.5 Å². The number of nitrogens with one attached hydrogen (secondary N) is 2. The molecule has 0 saturated carbocycles. The Bertz CT molecular complexity index is 1580. The second-order valence-electron chi connectivity index (χ2n) is 8.15. The van der Waals surface area contributed by atoms with Crippen molar-refractivity contribution in [2.75, 3.05) is 10.6 Å². The average molecular weight is 487 g/mol. The fraction of sp³-hybridized carbons (Fsp3) is 0.0741. The van der Waals surface area contributed by atoms with E-state index in [2.05, 4.69) is 37.3 Å². The molecule has 36 heavy (non-hydrogen) atoms. The SMILES string of the molecule is O=C(C=CC(F)(F)F)Nc1ccc2ncnc(Nc3ccc4c(ccn4Cc4ccccc4)c3)c2c1. The number of hydrogen-bond donors (Lipinski definition) is 2. The second kappa shape index (κ2) is 9.53. The Morgan fingerprint density at radius 3 is 2.56 bits per heavy atom. The van der Waals surface area contributed by atoms with Gasteiger partial charge in [0.1, 0.15) is 12.1 Å². The van der Waals surface area contributed by atoms with Crippen LogP contribution in [0.3, 0.4) is 0 Å². The number of hydrogen-bond acceptors (Lipinski definition) is 4. The Balaban J connectivity index is 1.38. The maximum absolute atomic E-state index is 12.3. The van der Waals surface area contributed by atoms with Crippen molar-refractivity contribution in [3.8, 4) is 0 Å². The maximum atomic E-state index is 12.3. The van der Waals surface area contributed by atoms with Gasteiger partial charge in [-0.15, -0.1) is 0 Å². The molecule has 5 rings (SSSR count). The third-order valence-electron chi connectivity index (χ3n) is 5.56. The topological polar surface area (TPSA) is 71.8 Å². The highest BCUT2D eigenvalue weighted by atomic mass is 19.4. The summed E-state index contributed by atoms with van der Waals surface area (Å²) in [5.74, 6) is -0.381. The number of anilines is 3. The van der Waals surface area contributed by atoms with Gasteiger partial charge in [-0.05, 0) is 48.0 Å². The summed E-state index contributed by atoms with van der Waals surface area (Å²) in [7, 11) is 0. The molecule has 0 aliphatic carbocycles. The first-order valence-corrected chi connectivity index (χ1v) is 11.1. The molecule has 6 nitrogen and oxygen atoms in total. The lowest BCUT2D eigenvalue weighted by molar-refractivity contribution is -0.112. The lowest BCUT2D eigenvalue weighted by Gasteiger charge is -2.11. The van der Waals surface area contributed by atoms with Crippen molar-refractivity contribution in [3.63, 3.8) is 0 Å². The highest BCUT2D eigenvalue weighted by Gasteiger charge is 2.22. The van der Waals surface area contributed by atoms with Crippen LogP contribution in [-0.2, 0) is 11.3 Å². The summed E-state index contributed by atoms with van der Waals surface area (Å²) in [5.41, 5.74) is 4.05. The van der Waals surface area contributed by atoms with Crippen LogP contribution in [0.4, 0.5) is 30.4 Å². The molecule has 1 amide bonds. The van der Waals surface area contributed by atoms with Crippen molar-refractivity contribution in [3.05, 3.63) is 103 Å². The number of aromatic nitrogens is 3. The minimum absolute atomic E-state index is 0.108. The van der Waals surface area contributed by atoms with Crippen LogP contribution >= 0.6 is 0 Å². The van der Waals surface area contributed by atoms with E-state index in [1.165, 1.54) is 11.9 Å². The molecule has 0 atom stereocenters. The Morgan fingerprint density at radius 2 is 1.75 bits per heavy atom. The van der Waals surface area contributed by atoms with Gasteiger partial charge in [0, 0.05) is 52.6 Å². The van der Waals surface area contributed by atoms with Crippen LogP contribution in [0.1, 0.15) is 5.56 Å². The number of halogens is 3. The minimum Gasteiger partial charge on any atom is -0.343 e. The molecule has 2 aromatic heterocycles. The van der Waals surface area contributed by atoms with E-state index >= 15 is 0 Å². The van der Waals surface area contributed by atoms with Crippen LogP contribution in [-0.4, -0.2) is 26.6 Å². The largest absolute Gasteiger partial charge is 0.409 e. The van der Waals surface area contributed by atoms with Crippen molar-refractivity contribution >= 4 is 44.9 Å². The lowest BCUT2D eigenvalue weighted by atomic mass is 10.2. The van der Waals surface area contributed by atoms with Gasteiger partial charge in [0.2, 0.25) is 5.91 Å². The third kappa shape index (κ3) is 5.35. The second-order valence-corrected chi connectivity index (χ2v) is 8.15. The zero-order valence-electron chi connectivity index (χ0n) is 18.8. The number of amides is 1. The molecule has 0 aliphatic heterocycles. The molecule has 5 aromatic rings. The standard InChI is InChI=1S/C27H20F3N5O/c28-27(29,30)12-10-25(36)33-21-6-8-23-22(15-21)26(32-17-31-23)34-20-7-9-24-19(14-20)11-13-35(24)16-18-4-2-1-3-5-18/h1-15,17H,16H2,(H,33,36)(H,31,32,34). The molecule has 0 unspecified atom stereocenters. The Morgan fingerprint density at radius 1 is 0.944 bits per heavy atom. The molecule has 2 N–H and O–H groups in total. The predicted molar refractivity (Wildman–Crippen MR) is 134 cm³/mol.